The average Bonchev–Trinajstić information content (AvgIpc) is 3.13. The zero-order valence-electron chi connectivity index (χ0n) is 15.1. The van der Waals surface area contributed by atoms with Crippen molar-refractivity contribution in [3.63, 3.8) is 0 Å². The van der Waals surface area contributed by atoms with Gasteiger partial charge in [0.05, 0.1) is 11.3 Å². The summed E-state index contributed by atoms with van der Waals surface area (Å²) in [4.78, 5) is 27.3. The minimum Gasteiger partial charge on any atom is -0.478 e. The topological polar surface area (TPSA) is 91.6 Å². The number of anilines is 2. The summed E-state index contributed by atoms with van der Waals surface area (Å²) in [6.07, 6.45) is 0. The molecule has 9 heteroatoms. The molecule has 1 aromatic heterocycles. The molecular formula is C19H16BrN5O3. The van der Waals surface area contributed by atoms with E-state index in [1.165, 1.54) is 29.2 Å². The molecule has 4 rings (SSSR count). The van der Waals surface area contributed by atoms with Crippen LogP contribution >= 0.6 is 15.9 Å². The summed E-state index contributed by atoms with van der Waals surface area (Å²) in [5.41, 5.74) is 2.26. The molecule has 1 N–H and O–H groups in total. The first kappa shape index (κ1) is 18.2. The quantitative estimate of drug-likeness (QED) is 0.495. The highest BCUT2D eigenvalue weighted by molar-refractivity contribution is 9.09. The van der Waals surface area contributed by atoms with Gasteiger partial charge < -0.3 is 10.0 Å². The predicted octanol–water partition coefficient (Wildman–Crippen LogP) is 3.09. The van der Waals surface area contributed by atoms with Crippen molar-refractivity contribution in [2.45, 2.75) is 4.95 Å². The number of aromatic carboxylic acids is 1. The van der Waals surface area contributed by atoms with Crippen LogP contribution in [0, 0.1) is 0 Å². The molecule has 0 aliphatic carbocycles. The normalized spacial score (nSPS) is 15.0. The van der Waals surface area contributed by atoms with Crippen LogP contribution in [-0.4, -0.2) is 45.8 Å². The Bertz CT molecular complexity index is 1080. The molecule has 1 aliphatic heterocycles. The number of carbonyl (C=O) groups excluding carboxylic acids is 1. The lowest BCUT2D eigenvalue weighted by molar-refractivity contribution is 0.0696. The zero-order valence-corrected chi connectivity index (χ0v) is 16.7. The van der Waals surface area contributed by atoms with Crippen LogP contribution in [0.4, 0.5) is 11.9 Å². The van der Waals surface area contributed by atoms with Crippen LogP contribution in [-0.2, 0) is 0 Å². The van der Waals surface area contributed by atoms with E-state index in [1.807, 2.05) is 47.8 Å². The van der Waals surface area contributed by atoms with Crippen molar-refractivity contribution in [1.29, 1.82) is 0 Å². The highest BCUT2D eigenvalue weighted by Crippen LogP contribution is 2.43. The number of halogens is 1. The molecule has 0 spiro atoms. The summed E-state index contributed by atoms with van der Waals surface area (Å²) in [6, 6.07) is 13.5. The molecule has 0 saturated carbocycles. The van der Waals surface area contributed by atoms with Crippen LogP contribution in [0.5, 0.6) is 0 Å². The van der Waals surface area contributed by atoms with E-state index in [9.17, 15) is 9.59 Å². The fraction of sp³-hybridized carbons (Fsp3) is 0.158. The van der Waals surface area contributed by atoms with Gasteiger partial charge in [-0.05, 0) is 30.3 Å². The van der Waals surface area contributed by atoms with Crippen molar-refractivity contribution in [1.82, 2.24) is 14.8 Å². The SMILES string of the molecule is CN(C)c1nnc2n1-c1ccccc1C(Br)N2C(=O)c1ccc(C(=O)O)cc1. The highest BCUT2D eigenvalue weighted by Gasteiger charge is 2.37. The molecule has 2 heterocycles. The Balaban J connectivity index is 1.84. The zero-order chi connectivity index (χ0) is 20.0. The van der Waals surface area contributed by atoms with Crippen LogP contribution in [0.3, 0.4) is 0 Å². The van der Waals surface area contributed by atoms with E-state index >= 15 is 0 Å². The van der Waals surface area contributed by atoms with E-state index < -0.39 is 10.9 Å². The van der Waals surface area contributed by atoms with Crippen molar-refractivity contribution in [2.24, 2.45) is 0 Å². The molecule has 3 aromatic rings. The standard InChI is InChI=1S/C19H16BrN5O3/c1-23(2)18-21-22-19-24(18)14-6-4-3-5-13(14)15(20)25(19)16(26)11-7-9-12(10-8-11)17(27)28/h3-10,15H,1-2H3,(H,27,28). The molecule has 28 heavy (non-hydrogen) atoms. The highest BCUT2D eigenvalue weighted by atomic mass is 79.9. The van der Waals surface area contributed by atoms with Gasteiger partial charge in [0.2, 0.25) is 11.9 Å². The molecule has 0 saturated heterocycles. The molecule has 1 amide bonds. The van der Waals surface area contributed by atoms with Gasteiger partial charge in [0.25, 0.3) is 5.91 Å². The number of para-hydroxylation sites is 1. The number of rotatable bonds is 3. The Hall–Kier alpha value is -3.20. The molecule has 1 aliphatic rings. The van der Waals surface area contributed by atoms with Gasteiger partial charge in [-0.1, -0.05) is 34.1 Å². The van der Waals surface area contributed by atoms with E-state index in [0.717, 1.165) is 11.3 Å². The second-order valence-electron chi connectivity index (χ2n) is 6.48. The first-order chi connectivity index (χ1) is 13.4. The maximum absolute atomic E-state index is 13.3. The molecule has 8 nitrogen and oxygen atoms in total. The maximum atomic E-state index is 13.3. The van der Waals surface area contributed by atoms with Crippen molar-refractivity contribution in [3.05, 3.63) is 65.2 Å². The third-order valence-electron chi connectivity index (χ3n) is 4.50. The van der Waals surface area contributed by atoms with Gasteiger partial charge in [0, 0.05) is 25.2 Å². The third-order valence-corrected chi connectivity index (χ3v) is 5.41. The van der Waals surface area contributed by atoms with Crippen LogP contribution in [0.25, 0.3) is 5.69 Å². The number of alkyl halides is 1. The van der Waals surface area contributed by atoms with E-state index in [1.54, 1.807) is 0 Å². The second kappa shape index (κ2) is 6.75. The fourth-order valence-electron chi connectivity index (χ4n) is 3.15. The van der Waals surface area contributed by atoms with Gasteiger partial charge in [-0.2, -0.15) is 0 Å². The van der Waals surface area contributed by atoms with E-state index in [2.05, 4.69) is 26.1 Å². The summed E-state index contributed by atoms with van der Waals surface area (Å²) >= 11 is 3.62. The van der Waals surface area contributed by atoms with Gasteiger partial charge >= 0.3 is 5.97 Å². The third kappa shape index (κ3) is 2.75. The number of carbonyl (C=O) groups is 2. The Morgan fingerprint density at radius 3 is 2.32 bits per heavy atom. The number of carboxylic acid groups (broad SMARTS) is 1. The number of nitrogens with zero attached hydrogens (tertiary/aromatic N) is 5. The first-order valence-electron chi connectivity index (χ1n) is 8.43. The summed E-state index contributed by atoms with van der Waals surface area (Å²) in [7, 11) is 3.72. The van der Waals surface area contributed by atoms with Gasteiger partial charge in [0.1, 0.15) is 4.95 Å². The van der Waals surface area contributed by atoms with E-state index in [-0.39, 0.29) is 11.5 Å². The van der Waals surface area contributed by atoms with Gasteiger partial charge in [-0.15, -0.1) is 10.2 Å². The van der Waals surface area contributed by atoms with Crippen LogP contribution in [0.1, 0.15) is 31.2 Å². The van der Waals surface area contributed by atoms with Crippen LogP contribution in [0.2, 0.25) is 0 Å². The van der Waals surface area contributed by atoms with Crippen molar-refractivity contribution >= 4 is 39.7 Å². The molecule has 0 fully saturated rings. The van der Waals surface area contributed by atoms with Crippen LogP contribution in [0.15, 0.2) is 48.5 Å². The lowest BCUT2D eigenvalue weighted by Crippen LogP contribution is -2.38. The lowest BCUT2D eigenvalue weighted by Gasteiger charge is -2.34. The molecule has 0 bridgehead atoms. The molecule has 0 radical (unpaired) electrons. The summed E-state index contributed by atoms with van der Waals surface area (Å²) in [6.45, 7) is 0. The Morgan fingerprint density at radius 2 is 1.68 bits per heavy atom. The van der Waals surface area contributed by atoms with Crippen molar-refractivity contribution < 1.29 is 14.7 Å². The minimum atomic E-state index is -1.04. The van der Waals surface area contributed by atoms with Crippen molar-refractivity contribution in [3.8, 4) is 5.69 Å². The maximum Gasteiger partial charge on any atom is 0.335 e. The van der Waals surface area contributed by atoms with Gasteiger partial charge in [-0.3, -0.25) is 9.69 Å². The lowest BCUT2D eigenvalue weighted by atomic mass is 10.1. The monoisotopic (exact) mass is 441 g/mol. The van der Waals surface area contributed by atoms with E-state index in [4.69, 9.17) is 5.11 Å². The summed E-state index contributed by atoms with van der Waals surface area (Å²) in [5.74, 6) is -0.371. The van der Waals surface area contributed by atoms with Crippen LogP contribution < -0.4 is 9.80 Å². The minimum absolute atomic E-state index is 0.119. The van der Waals surface area contributed by atoms with Gasteiger partial charge in [-0.25, -0.2) is 9.36 Å². The number of aromatic nitrogens is 3. The Labute approximate surface area is 169 Å². The smallest absolute Gasteiger partial charge is 0.335 e. The number of fused-ring (bicyclic) bond motifs is 3. The number of hydrogen-bond donors (Lipinski definition) is 1. The molecule has 142 valence electrons. The van der Waals surface area contributed by atoms with E-state index in [0.29, 0.717) is 17.5 Å². The predicted molar refractivity (Wildman–Crippen MR) is 108 cm³/mol. The second-order valence-corrected chi connectivity index (χ2v) is 7.35. The fourth-order valence-corrected chi connectivity index (χ4v) is 3.91. The molecule has 2 aromatic carbocycles. The summed E-state index contributed by atoms with van der Waals surface area (Å²) in [5, 5.41) is 17.6. The Kier molecular flexibility index (Phi) is 4.38. The largest absolute Gasteiger partial charge is 0.478 e. The van der Waals surface area contributed by atoms with Gasteiger partial charge in [0.15, 0.2) is 0 Å². The molecule has 1 atom stereocenters. The number of carboxylic acids is 1. The number of amides is 1. The molecular weight excluding hydrogens is 426 g/mol. The number of hydrogen-bond acceptors (Lipinski definition) is 5. The molecule has 1 unspecified atom stereocenters. The number of benzene rings is 2. The Morgan fingerprint density at radius 1 is 1.04 bits per heavy atom. The van der Waals surface area contributed by atoms with Crippen molar-refractivity contribution in [2.75, 3.05) is 23.9 Å². The average molecular weight is 442 g/mol. The summed E-state index contributed by atoms with van der Waals surface area (Å²) < 4.78 is 1.83. The first-order valence-corrected chi connectivity index (χ1v) is 9.34.